The molecule has 1 atom stereocenters. The van der Waals surface area contributed by atoms with E-state index >= 15 is 0 Å². The second-order valence-electron chi connectivity index (χ2n) is 6.48. The second-order valence-corrected chi connectivity index (χ2v) is 6.48. The number of carbonyl (C=O) groups excluding carboxylic acids is 1. The van der Waals surface area contributed by atoms with Crippen LogP contribution in [-0.2, 0) is 11.0 Å². The van der Waals surface area contributed by atoms with Crippen molar-refractivity contribution < 1.29 is 18.0 Å². The molecule has 0 aliphatic heterocycles. The summed E-state index contributed by atoms with van der Waals surface area (Å²) in [4.78, 5) is 15.5. The summed E-state index contributed by atoms with van der Waals surface area (Å²) in [5.74, 6) is -0.958. The molecule has 0 fully saturated rings. The van der Waals surface area contributed by atoms with Gasteiger partial charge in [0.15, 0.2) is 0 Å². The molecule has 3 rings (SSSR count). The molecule has 27 heavy (non-hydrogen) atoms. The lowest BCUT2D eigenvalue weighted by Crippen LogP contribution is -2.26. The maximum Gasteiger partial charge on any atom is 0.416 e. The Bertz CT molecular complexity index is 930. The molecular weight excluding hydrogens is 353 g/mol. The summed E-state index contributed by atoms with van der Waals surface area (Å²) in [5.41, 5.74) is 0.926. The van der Waals surface area contributed by atoms with Crippen LogP contribution in [0.2, 0.25) is 0 Å². The number of H-pyrrole nitrogens is 1. The zero-order chi connectivity index (χ0) is 19.4. The number of para-hydroxylation sites is 1. The van der Waals surface area contributed by atoms with E-state index in [1.165, 1.54) is 12.1 Å². The summed E-state index contributed by atoms with van der Waals surface area (Å²) in [6.07, 6.45) is -2.06. The lowest BCUT2D eigenvalue weighted by molar-refractivity contribution is -0.138. The minimum atomic E-state index is -4.49. The van der Waals surface area contributed by atoms with E-state index in [0.29, 0.717) is 12.1 Å². The van der Waals surface area contributed by atoms with E-state index in [2.05, 4.69) is 10.3 Å². The highest BCUT2D eigenvalue weighted by Gasteiger charge is 2.36. The second kappa shape index (κ2) is 7.86. The van der Waals surface area contributed by atoms with Crippen molar-refractivity contribution in [2.24, 2.45) is 0 Å². The maximum absolute atomic E-state index is 13.6. The third kappa shape index (κ3) is 4.15. The first kappa shape index (κ1) is 19.0. The molecule has 6 heteroatoms. The fourth-order valence-corrected chi connectivity index (χ4v) is 3.35. The third-order valence-corrected chi connectivity index (χ3v) is 4.60. The molecule has 0 saturated heterocycles. The summed E-state index contributed by atoms with van der Waals surface area (Å²) in [5, 5.41) is 3.59. The third-order valence-electron chi connectivity index (χ3n) is 4.60. The van der Waals surface area contributed by atoms with Gasteiger partial charge in [-0.1, -0.05) is 43.3 Å². The lowest BCUT2D eigenvalue weighted by Gasteiger charge is -2.21. The topological polar surface area (TPSA) is 44.9 Å². The van der Waals surface area contributed by atoms with Gasteiger partial charge in [0.2, 0.25) is 5.91 Å². The van der Waals surface area contributed by atoms with Crippen molar-refractivity contribution in [1.29, 1.82) is 0 Å². The zero-order valence-electron chi connectivity index (χ0n) is 14.9. The molecular formula is C21H21F3N2O. The lowest BCUT2D eigenvalue weighted by atomic mass is 9.85. The van der Waals surface area contributed by atoms with Crippen molar-refractivity contribution in [3.05, 3.63) is 71.4 Å². The van der Waals surface area contributed by atoms with Crippen LogP contribution in [0.5, 0.6) is 0 Å². The largest absolute Gasteiger partial charge is 0.416 e. The number of rotatable bonds is 6. The van der Waals surface area contributed by atoms with E-state index in [-0.39, 0.29) is 17.9 Å². The van der Waals surface area contributed by atoms with E-state index in [1.807, 2.05) is 31.2 Å². The molecule has 0 radical (unpaired) electrons. The van der Waals surface area contributed by atoms with Gasteiger partial charge in [0.25, 0.3) is 0 Å². The van der Waals surface area contributed by atoms with Crippen LogP contribution >= 0.6 is 0 Å². The van der Waals surface area contributed by atoms with Crippen molar-refractivity contribution in [3.8, 4) is 0 Å². The van der Waals surface area contributed by atoms with Crippen LogP contribution in [0.15, 0.2) is 54.7 Å². The van der Waals surface area contributed by atoms with Gasteiger partial charge in [0, 0.05) is 36.0 Å². The van der Waals surface area contributed by atoms with Crippen LogP contribution in [0, 0.1) is 0 Å². The van der Waals surface area contributed by atoms with Gasteiger partial charge in [0.1, 0.15) is 0 Å². The molecule has 0 aliphatic rings. The highest BCUT2D eigenvalue weighted by Crippen LogP contribution is 2.40. The monoisotopic (exact) mass is 374 g/mol. The van der Waals surface area contributed by atoms with Gasteiger partial charge in [-0.2, -0.15) is 13.2 Å². The van der Waals surface area contributed by atoms with Gasteiger partial charge < -0.3 is 10.3 Å². The number of hydrogen-bond donors (Lipinski definition) is 2. The number of hydrogen-bond acceptors (Lipinski definition) is 1. The molecule has 0 aliphatic carbocycles. The molecule has 0 spiro atoms. The molecule has 142 valence electrons. The molecule has 0 saturated carbocycles. The Morgan fingerprint density at radius 1 is 1.07 bits per heavy atom. The number of carbonyl (C=O) groups is 1. The molecule has 2 aromatic carbocycles. The minimum Gasteiger partial charge on any atom is -0.361 e. The predicted octanol–water partition coefficient (Wildman–Crippen LogP) is 5.23. The molecule has 3 nitrogen and oxygen atoms in total. The zero-order valence-corrected chi connectivity index (χ0v) is 14.9. The Morgan fingerprint density at radius 2 is 1.78 bits per heavy atom. The van der Waals surface area contributed by atoms with Gasteiger partial charge in [-0.3, -0.25) is 4.79 Å². The van der Waals surface area contributed by atoms with Gasteiger partial charge >= 0.3 is 6.18 Å². The predicted molar refractivity (Wildman–Crippen MR) is 99.5 cm³/mol. The molecule has 1 heterocycles. The van der Waals surface area contributed by atoms with Crippen molar-refractivity contribution in [3.63, 3.8) is 0 Å². The summed E-state index contributed by atoms with van der Waals surface area (Å²) in [6, 6.07) is 12.9. The van der Waals surface area contributed by atoms with Crippen molar-refractivity contribution >= 4 is 16.8 Å². The van der Waals surface area contributed by atoms with Crippen molar-refractivity contribution in [1.82, 2.24) is 10.3 Å². The highest BCUT2D eigenvalue weighted by molar-refractivity contribution is 5.86. The average Bonchev–Trinajstić information content (AvgIpc) is 3.07. The number of aromatic amines is 1. The van der Waals surface area contributed by atoms with Gasteiger partial charge in [-0.15, -0.1) is 0 Å². The number of fused-ring (bicyclic) bond motifs is 1. The van der Waals surface area contributed by atoms with Gasteiger partial charge in [0.05, 0.1) is 5.56 Å². The molecule has 0 unspecified atom stereocenters. The molecule has 3 aromatic rings. The Labute approximate surface area is 155 Å². The Balaban J connectivity index is 2.10. The Hall–Kier alpha value is -2.76. The molecule has 1 amide bonds. The van der Waals surface area contributed by atoms with Crippen molar-refractivity contribution in [2.75, 3.05) is 6.54 Å². The Morgan fingerprint density at radius 3 is 2.52 bits per heavy atom. The Kier molecular flexibility index (Phi) is 5.54. The van der Waals surface area contributed by atoms with Crippen LogP contribution in [0.3, 0.4) is 0 Å². The van der Waals surface area contributed by atoms with Crippen LogP contribution in [0.1, 0.15) is 42.4 Å². The highest BCUT2D eigenvalue weighted by atomic mass is 19.4. The first-order valence-electron chi connectivity index (χ1n) is 8.90. The van der Waals surface area contributed by atoms with Gasteiger partial charge in [-0.25, -0.2) is 0 Å². The van der Waals surface area contributed by atoms with Crippen LogP contribution in [0.4, 0.5) is 13.2 Å². The van der Waals surface area contributed by atoms with Crippen LogP contribution < -0.4 is 5.32 Å². The summed E-state index contributed by atoms with van der Waals surface area (Å²) in [7, 11) is 0. The molecule has 2 N–H and O–H groups in total. The number of halogens is 3. The molecule has 0 bridgehead atoms. The fraction of sp³-hybridized carbons (Fsp3) is 0.286. The average molecular weight is 374 g/mol. The van der Waals surface area contributed by atoms with E-state index in [9.17, 15) is 18.0 Å². The van der Waals surface area contributed by atoms with E-state index < -0.39 is 17.7 Å². The quantitative estimate of drug-likeness (QED) is 0.609. The normalized spacial score (nSPS) is 12.9. The number of amides is 1. The number of aromatic nitrogens is 1. The number of benzene rings is 2. The minimum absolute atomic E-state index is 0.0467. The van der Waals surface area contributed by atoms with E-state index in [0.717, 1.165) is 23.4 Å². The van der Waals surface area contributed by atoms with Crippen molar-refractivity contribution in [2.45, 2.75) is 31.9 Å². The molecule has 1 aromatic heterocycles. The first-order valence-corrected chi connectivity index (χ1v) is 8.90. The van der Waals surface area contributed by atoms with Gasteiger partial charge in [-0.05, 0) is 29.7 Å². The first-order chi connectivity index (χ1) is 12.9. The standard InChI is InChI=1S/C21H21F3N2O/c1-2-11-25-20(27)12-16(14-7-3-5-9-18(14)21(22,23)24)17-13-26-19-10-6-4-8-15(17)19/h3-10,13,16,26H,2,11-12H2,1H3,(H,25,27)/t16-/m1/s1. The maximum atomic E-state index is 13.6. The number of nitrogens with one attached hydrogen (secondary N) is 2. The van der Waals surface area contributed by atoms with E-state index in [1.54, 1.807) is 12.3 Å². The summed E-state index contributed by atoms with van der Waals surface area (Å²) >= 11 is 0. The van der Waals surface area contributed by atoms with Crippen LogP contribution in [0.25, 0.3) is 10.9 Å². The summed E-state index contributed by atoms with van der Waals surface area (Å²) in [6.45, 7) is 2.43. The number of alkyl halides is 3. The summed E-state index contributed by atoms with van der Waals surface area (Å²) < 4.78 is 40.8. The van der Waals surface area contributed by atoms with E-state index in [4.69, 9.17) is 0 Å². The fourth-order valence-electron chi connectivity index (χ4n) is 3.35. The van der Waals surface area contributed by atoms with Crippen LogP contribution in [-0.4, -0.2) is 17.4 Å². The SMILES string of the molecule is CCCNC(=O)C[C@H](c1ccccc1C(F)(F)F)c1c[nH]c2ccccc12. The smallest absolute Gasteiger partial charge is 0.361 e.